The fourth-order valence-electron chi connectivity index (χ4n) is 3.61. The fourth-order valence-corrected chi connectivity index (χ4v) is 3.61. The van der Waals surface area contributed by atoms with Gasteiger partial charge in [-0.3, -0.25) is 19.3 Å². The van der Waals surface area contributed by atoms with Crippen molar-refractivity contribution in [1.82, 2.24) is 14.5 Å². The van der Waals surface area contributed by atoms with E-state index in [9.17, 15) is 29.1 Å². The molecule has 3 aromatic rings. The van der Waals surface area contributed by atoms with E-state index in [1.165, 1.54) is 36.4 Å². The summed E-state index contributed by atoms with van der Waals surface area (Å²) < 4.78 is 6.11. The van der Waals surface area contributed by atoms with Crippen LogP contribution in [-0.2, 0) is 20.8 Å². The molecule has 0 aliphatic rings. The normalized spacial score (nSPS) is 11.5. The van der Waals surface area contributed by atoms with Gasteiger partial charge in [-0.1, -0.05) is 24.3 Å². The molecule has 0 aliphatic heterocycles. The molecule has 200 valence electrons. The van der Waals surface area contributed by atoms with Gasteiger partial charge in [-0.05, 0) is 49.7 Å². The van der Waals surface area contributed by atoms with Gasteiger partial charge in [0.2, 0.25) is 11.8 Å². The fraction of sp³-hybridized carbons (Fsp3) is 0.240. The summed E-state index contributed by atoms with van der Waals surface area (Å²) in [6.45, 7) is -0.514. The van der Waals surface area contributed by atoms with Crippen LogP contribution in [0.2, 0.25) is 0 Å². The zero-order valence-electron chi connectivity index (χ0n) is 20.2. The minimum absolute atomic E-state index is 0.0997. The van der Waals surface area contributed by atoms with E-state index in [0.29, 0.717) is 24.3 Å². The number of carboxylic acids is 1. The molecule has 1 atom stereocenters. The number of benzene rings is 2. The molecule has 0 fully saturated rings. The molecule has 0 spiro atoms. The number of aromatic hydroxyl groups is 1. The van der Waals surface area contributed by atoms with E-state index >= 15 is 0 Å². The monoisotopic (exact) mass is 525 g/mol. The summed E-state index contributed by atoms with van der Waals surface area (Å²) in [5.41, 5.74) is 10.7. The molecule has 3 rings (SSSR count). The van der Waals surface area contributed by atoms with Crippen LogP contribution in [0.1, 0.15) is 28.9 Å². The summed E-state index contributed by atoms with van der Waals surface area (Å²) in [5, 5.41) is 19.6. The molecular weight excluding hydrogens is 498 g/mol. The Morgan fingerprint density at radius 1 is 1.08 bits per heavy atom. The van der Waals surface area contributed by atoms with Crippen molar-refractivity contribution in [2.75, 3.05) is 13.1 Å². The first-order chi connectivity index (χ1) is 18.1. The van der Waals surface area contributed by atoms with Gasteiger partial charge in [0, 0.05) is 5.56 Å². The molecule has 0 unspecified atom stereocenters. The van der Waals surface area contributed by atoms with Gasteiger partial charge in [0.1, 0.15) is 12.3 Å². The van der Waals surface area contributed by atoms with Gasteiger partial charge in [-0.2, -0.15) is 0 Å². The molecule has 0 saturated carbocycles. The number of para-hydroxylation sites is 1. The smallest absolute Gasteiger partial charge is 0.333 e. The Kier molecular flexibility index (Phi) is 9.13. The van der Waals surface area contributed by atoms with Crippen molar-refractivity contribution in [3.8, 4) is 17.3 Å². The predicted molar refractivity (Wildman–Crippen MR) is 134 cm³/mol. The van der Waals surface area contributed by atoms with Crippen LogP contribution in [0, 0.1) is 0 Å². The van der Waals surface area contributed by atoms with Gasteiger partial charge >= 0.3 is 17.6 Å². The second-order valence-electron chi connectivity index (χ2n) is 8.23. The molecule has 0 radical (unpaired) electrons. The number of imide groups is 1. The SMILES string of the molecule is NCCCc1[nH]c(=O)n(-c2cccc(C(=O)N(CC(=O)Oc3ccccc3)C(=O)[C@@H](N)CC(=O)O)c2)c1O. The first kappa shape index (κ1) is 27.8. The second-order valence-corrected chi connectivity index (χ2v) is 8.23. The third kappa shape index (κ3) is 6.72. The van der Waals surface area contributed by atoms with Crippen molar-refractivity contribution in [3.05, 3.63) is 76.3 Å². The minimum Gasteiger partial charge on any atom is -0.493 e. The molecule has 13 nitrogen and oxygen atoms in total. The number of aromatic amines is 1. The third-order valence-corrected chi connectivity index (χ3v) is 5.41. The van der Waals surface area contributed by atoms with Gasteiger partial charge in [0.25, 0.3) is 5.91 Å². The van der Waals surface area contributed by atoms with Crippen molar-refractivity contribution < 1.29 is 34.1 Å². The molecule has 1 heterocycles. The van der Waals surface area contributed by atoms with Crippen LogP contribution in [0.4, 0.5) is 0 Å². The Labute approximate surface area is 216 Å². The molecule has 1 aromatic heterocycles. The average molecular weight is 526 g/mol. The first-order valence-corrected chi connectivity index (χ1v) is 11.5. The van der Waals surface area contributed by atoms with Gasteiger partial charge in [-0.25, -0.2) is 14.2 Å². The molecule has 2 aromatic carbocycles. The Balaban J connectivity index is 1.93. The van der Waals surface area contributed by atoms with E-state index in [1.807, 2.05) is 0 Å². The molecule has 38 heavy (non-hydrogen) atoms. The van der Waals surface area contributed by atoms with E-state index < -0.39 is 48.5 Å². The van der Waals surface area contributed by atoms with Crippen LogP contribution in [0.25, 0.3) is 5.69 Å². The highest BCUT2D eigenvalue weighted by molar-refractivity contribution is 6.08. The number of esters is 1. The Bertz CT molecular complexity index is 1380. The van der Waals surface area contributed by atoms with Crippen LogP contribution < -0.4 is 21.9 Å². The standard InChI is InChI=1S/C25H27N5O8/c26-11-5-10-19-24(36)30(25(37)28-19)16-7-4-6-15(12-16)22(34)29(23(35)18(27)13-20(31)32)14-21(33)38-17-8-2-1-3-9-17/h1-4,6-9,12,18,36H,5,10-11,13-14,26-27H2,(H,28,37)(H,31,32)/t18-/m0/s1. The maximum absolute atomic E-state index is 13.4. The molecular formula is C25H27N5O8. The lowest BCUT2D eigenvalue weighted by Gasteiger charge is -2.23. The highest BCUT2D eigenvalue weighted by Crippen LogP contribution is 2.21. The molecule has 0 bridgehead atoms. The molecule has 2 amide bonds. The predicted octanol–water partition coefficient (Wildman–Crippen LogP) is 0.139. The number of hydrogen-bond acceptors (Lipinski definition) is 9. The number of H-pyrrole nitrogens is 1. The zero-order valence-corrected chi connectivity index (χ0v) is 20.2. The van der Waals surface area contributed by atoms with Gasteiger partial charge in [0.15, 0.2) is 0 Å². The van der Waals surface area contributed by atoms with E-state index in [1.54, 1.807) is 18.2 Å². The maximum atomic E-state index is 13.4. The largest absolute Gasteiger partial charge is 0.493 e. The number of aliphatic carboxylic acids is 1. The number of aryl methyl sites for hydroxylation is 1. The zero-order chi connectivity index (χ0) is 27.8. The number of carbonyl (C=O) groups is 4. The number of aromatic nitrogens is 2. The Hall–Kier alpha value is -4.75. The number of ether oxygens (including phenoxy) is 1. The van der Waals surface area contributed by atoms with Gasteiger partial charge < -0.3 is 31.4 Å². The third-order valence-electron chi connectivity index (χ3n) is 5.41. The van der Waals surface area contributed by atoms with Gasteiger partial charge in [0.05, 0.1) is 23.8 Å². The number of rotatable bonds is 11. The van der Waals surface area contributed by atoms with Crippen LogP contribution in [0.5, 0.6) is 11.6 Å². The van der Waals surface area contributed by atoms with E-state index in [0.717, 1.165) is 4.57 Å². The first-order valence-electron chi connectivity index (χ1n) is 11.5. The van der Waals surface area contributed by atoms with Crippen molar-refractivity contribution in [2.45, 2.75) is 25.3 Å². The van der Waals surface area contributed by atoms with Crippen LogP contribution in [-0.4, -0.2) is 67.5 Å². The molecule has 0 aliphatic carbocycles. The number of nitrogens with one attached hydrogen (secondary N) is 1. The number of carboxylic acid groups (broad SMARTS) is 1. The quantitative estimate of drug-likeness (QED) is 0.169. The average Bonchev–Trinajstić information content (AvgIpc) is 3.17. The van der Waals surface area contributed by atoms with Crippen LogP contribution in [0.15, 0.2) is 59.4 Å². The summed E-state index contributed by atoms with van der Waals surface area (Å²) >= 11 is 0. The van der Waals surface area contributed by atoms with Crippen LogP contribution >= 0.6 is 0 Å². The van der Waals surface area contributed by atoms with Crippen molar-refractivity contribution >= 4 is 23.8 Å². The summed E-state index contributed by atoms with van der Waals surface area (Å²) in [6, 6.07) is 11.7. The lowest BCUT2D eigenvalue weighted by Crippen LogP contribution is -2.50. The van der Waals surface area contributed by atoms with Crippen molar-refractivity contribution in [2.24, 2.45) is 11.5 Å². The number of amides is 2. The highest BCUT2D eigenvalue weighted by atomic mass is 16.5. The van der Waals surface area contributed by atoms with E-state index in [4.69, 9.17) is 21.3 Å². The minimum atomic E-state index is -1.62. The number of imidazole rings is 1. The molecule has 7 N–H and O–H groups in total. The van der Waals surface area contributed by atoms with Gasteiger partial charge in [-0.15, -0.1) is 0 Å². The highest BCUT2D eigenvalue weighted by Gasteiger charge is 2.31. The topological polar surface area (TPSA) is 211 Å². The molecule has 0 saturated heterocycles. The number of nitrogens with two attached hydrogens (primary N) is 2. The summed E-state index contributed by atoms with van der Waals surface area (Å²) in [7, 11) is 0. The lowest BCUT2D eigenvalue weighted by molar-refractivity contribution is -0.143. The molecule has 13 heteroatoms. The summed E-state index contributed by atoms with van der Waals surface area (Å²) in [4.78, 5) is 65.5. The number of nitrogens with zero attached hydrogens (tertiary/aromatic N) is 2. The lowest BCUT2D eigenvalue weighted by atomic mass is 10.1. The van der Waals surface area contributed by atoms with Crippen molar-refractivity contribution in [1.29, 1.82) is 0 Å². The number of carbonyl (C=O) groups excluding carboxylic acids is 3. The Morgan fingerprint density at radius 3 is 2.45 bits per heavy atom. The van der Waals surface area contributed by atoms with E-state index in [-0.39, 0.29) is 28.6 Å². The number of hydrogen-bond donors (Lipinski definition) is 5. The second kappa shape index (κ2) is 12.5. The van der Waals surface area contributed by atoms with Crippen LogP contribution in [0.3, 0.4) is 0 Å². The van der Waals surface area contributed by atoms with Crippen molar-refractivity contribution in [3.63, 3.8) is 0 Å². The summed E-state index contributed by atoms with van der Waals surface area (Å²) in [5.74, 6) is -4.65. The Morgan fingerprint density at radius 2 is 1.79 bits per heavy atom. The maximum Gasteiger partial charge on any atom is 0.333 e. The van der Waals surface area contributed by atoms with E-state index in [2.05, 4.69) is 4.98 Å². The summed E-state index contributed by atoms with van der Waals surface area (Å²) in [6.07, 6.45) is 0.0455.